The maximum Gasteiger partial charge on any atom is 0.329 e. The van der Waals surface area contributed by atoms with Crippen LogP contribution in [0, 0.1) is 0 Å². The molecule has 0 bridgehead atoms. The minimum atomic E-state index is -1.10. The van der Waals surface area contributed by atoms with Crippen molar-refractivity contribution in [1.29, 1.82) is 0 Å². The molecule has 1 atom stereocenters. The number of likely N-dealkylation sites (tertiary alicyclic amines) is 1. The molecule has 0 aromatic heterocycles. The Kier molecular flexibility index (Phi) is 5.13. The molecule has 0 saturated carbocycles. The van der Waals surface area contributed by atoms with Crippen molar-refractivity contribution in [3.05, 3.63) is 65.7 Å². The first-order chi connectivity index (χ1) is 12.0. The highest BCUT2D eigenvalue weighted by molar-refractivity contribution is 7.98. The summed E-state index contributed by atoms with van der Waals surface area (Å²) in [5.41, 5.74) is 0.578. The van der Waals surface area contributed by atoms with E-state index in [0.717, 1.165) is 17.7 Å². The Hall–Kier alpha value is -2.27. The normalized spacial score (nSPS) is 19.8. The lowest BCUT2D eigenvalue weighted by molar-refractivity contribution is -0.147. The average Bonchev–Trinajstić information content (AvgIpc) is 3.04. The number of thioether (sulfide) groups is 1. The highest BCUT2D eigenvalue weighted by Gasteiger charge is 2.46. The maximum atomic E-state index is 12.7. The van der Waals surface area contributed by atoms with Crippen LogP contribution in [0.2, 0.25) is 0 Å². The molecule has 1 aliphatic heterocycles. The molecule has 0 spiro atoms. The highest BCUT2D eigenvalue weighted by Crippen LogP contribution is 2.31. The number of hydrogen-bond acceptors (Lipinski definition) is 3. The lowest BCUT2D eigenvalue weighted by Gasteiger charge is -2.31. The number of hydrogen-bond donors (Lipinski definition) is 1. The summed E-state index contributed by atoms with van der Waals surface area (Å²) in [5.74, 6) is -0.312. The van der Waals surface area contributed by atoms with Gasteiger partial charge in [-0.3, -0.25) is 4.79 Å². The maximum absolute atomic E-state index is 12.7. The van der Waals surface area contributed by atoms with E-state index in [9.17, 15) is 14.7 Å². The molecule has 1 heterocycles. The van der Waals surface area contributed by atoms with Crippen molar-refractivity contribution in [2.45, 2.75) is 36.0 Å². The Morgan fingerprint density at radius 3 is 2.44 bits per heavy atom. The topological polar surface area (TPSA) is 57.6 Å². The Morgan fingerprint density at radius 2 is 1.80 bits per heavy atom. The van der Waals surface area contributed by atoms with E-state index in [1.165, 1.54) is 9.80 Å². The molecular weight excluding hydrogens is 334 g/mol. The van der Waals surface area contributed by atoms with Gasteiger partial charge in [-0.15, -0.1) is 11.8 Å². The largest absolute Gasteiger partial charge is 0.480 e. The minimum absolute atomic E-state index is 0.204. The lowest BCUT2D eigenvalue weighted by Crippen LogP contribution is -2.50. The summed E-state index contributed by atoms with van der Waals surface area (Å²) >= 11 is 1.74. The van der Waals surface area contributed by atoms with E-state index in [0.29, 0.717) is 18.5 Å². The molecule has 5 heteroatoms. The molecule has 1 saturated heterocycles. The molecule has 130 valence electrons. The number of aliphatic carboxylic acids is 1. The van der Waals surface area contributed by atoms with E-state index >= 15 is 0 Å². The third-order valence-electron chi connectivity index (χ3n) is 4.70. The second-order valence-electron chi connectivity index (χ2n) is 6.44. The zero-order chi connectivity index (χ0) is 17.9. The van der Waals surface area contributed by atoms with Crippen molar-refractivity contribution in [3.8, 4) is 0 Å². The molecule has 1 unspecified atom stereocenters. The molecule has 0 aliphatic carbocycles. The molecule has 1 fully saturated rings. The van der Waals surface area contributed by atoms with Crippen LogP contribution >= 0.6 is 11.8 Å². The predicted molar refractivity (Wildman–Crippen MR) is 98.8 cm³/mol. The monoisotopic (exact) mass is 355 g/mol. The molecule has 25 heavy (non-hydrogen) atoms. The van der Waals surface area contributed by atoms with Crippen molar-refractivity contribution in [1.82, 2.24) is 4.90 Å². The molecule has 2 aromatic rings. The minimum Gasteiger partial charge on any atom is -0.480 e. The van der Waals surface area contributed by atoms with Crippen LogP contribution in [0.4, 0.5) is 0 Å². The van der Waals surface area contributed by atoms with Crippen LogP contribution < -0.4 is 0 Å². The summed E-state index contributed by atoms with van der Waals surface area (Å²) in [6.07, 6.45) is 1.22. The summed E-state index contributed by atoms with van der Waals surface area (Å²) in [7, 11) is 0. The highest BCUT2D eigenvalue weighted by atomic mass is 32.2. The number of carboxylic acid groups (broad SMARTS) is 1. The Bertz CT molecular complexity index is 760. The Labute approximate surface area is 151 Å². The van der Waals surface area contributed by atoms with Crippen molar-refractivity contribution in [2.24, 2.45) is 0 Å². The predicted octanol–water partition coefficient (Wildman–Crippen LogP) is 4.06. The van der Waals surface area contributed by atoms with Gasteiger partial charge in [0.1, 0.15) is 5.54 Å². The molecule has 3 rings (SSSR count). The van der Waals surface area contributed by atoms with Gasteiger partial charge in [0.15, 0.2) is 0 Å². The van der Waals surface area contributed by atoms with Gasteiger partial charge in [0, 0.05) is 22.8 Å². The number of carbonyl (C=O) groups excluding carboxylic acids is 1. The van der Waals surface area contributed by atoms with Crippen LogP contribution in [0.5, 0.6) is 0 Å². The first kappa shape index (κ1) is 17.5. The van der Waals surface area contributed by atoms with E-state index in [-0.39, 0.29) is 5.91 Å². The van der Waals surface area contributed by atoms with Crippen LogP contribution in [-0.4, -0.2) is 34.0 Å². The molecule has 1 aliphatic rings. The summed E-state index contributed by atoms with van der Waals surface area (Å²) in [6, 6.07) is 17.6. The smallest absolute Gasteiger partial charge is 0.329 e. The van der Waals surface area contributed by atoms with Gasteiger partial charge in [-0.05, 0) is 49.6 Å². The van der Waals surface area contributed by atoms with Crippen molar-refractivity contribution in [2.75, 3.05) is 6.54 Å². The van der Waals surface area contributed by atoms with Crippen LogP contribution in [0.3, 0.4) is 0 Å². The van der Waals surface area contributed by atoms with Gasteiger partial charge in [-0.1, -0.05) is 30.3 Å². The summed E-state index contributed by atoms with van der Waals surface area (Å²) in [4.78, 5) is 27.0. The zero-order valence-electron chi connectivity index (χ0n) is 14.1. The summed E-state index contributed by atoms with van der Waals surface area (Å²) in [6.45, 7) is 2.12. The number of amides is 1. The first-order valence-corrected chi connectivity index (χ1v) is 9.31. The molecule has 2 aromatic carbocycles. The fourth-order valence-corrected chi connectivity index (χ4v) is 3.97. The fraction of sp³-hybridized carbons (Fsp3) is 0.300. The van der Waals surface area contributed by atoms with Gasteiger partial charge >= 0.3 is 5.97 Å². The van der Waals surface area contributed by atoms with E-state index in [1.807, 2.05) is 30.3 Å². The summed E-state index contributed by atoms with van der Waals surface area (Å²) in [5, 5.41) is 9.46. The lowest BCUT2D eigenvalue weighted by atomic mass is 9.98. The van der Waals surface area contributed by atoms with E-state index in [2.05, 4.69) is 12.1 Å². The Balaban J connectivity index is 1.67. The van der Waals surface area contributed by atoms with Gasteiger partial charge in [-0.2, -0.15) is 0 Å². The molecule has 4 nitrogen and oxygen atoms in total. The number of carbonyl (C=O) groups is 2. The van der Waals surface area contributed by atoms with Gasteiger partial charge in [0.05, 0.1) is 0 Å². The Morgan fingerprint density at radius 1 is 1.12 bits per heavy atom. The standard InChI is InChI=1S/C20H21NO3S/c1-20(19(23)24)12-5-13-21(20)18(22)16-10-8-15(9-11-16)14-25-17-6-3-2-4-7-17/h2-4,6-11H,5,12-14H2,1H3,(H,23,24). The fourth-order valence-electron chi connectivity index (χ4n) is 3.09. The molecule has 0 radical (unpaired) electrons. The van der Waals surface area contributed by atoms with Crippen LogP contribution in [0.15, 0.2) is 59.5 Å². The van der Waals surface area contributed by atoms with Crippen molar-refractivity contribution < 1.29 is 14.7 Å². The first-order valence-electron chi connectivity index (χ1n) is 8.33. The average molecular weight is 355 g/mol. The van der Waals surface area contributed by atoms with Gasteiger partial charge in [-0.25, -0.2) is 4.79 Å². The van der Waals surface area contributed by atoms with Crippen molar-refractivity contribution >= 4 is 23.6 Å². The van der Waals surface area contributed by atoms with Crippen molar-refractivity contribution in [3.63, 3.8) is 0 Å². The number of nitrogens with zero attached hydrogens (tertiary/aromatic N) is 1. The van der Waals surface area contributed by atoms with E-state index in [4.69, 9.17) is 0 Å². The molecular formula is C20H21NO3S. The van der Waals surface area contributed by atoms with Gasteiger partial charge in [0.25, 0.3) is 5.91 Å². The molecule has 1 N–H and O–H groups in total. The second-order valence-corrected chi connectivity index (χ2v) is 7.49. The number of carboxylic acids is 1. The van der Waals surface area contributed by atoms with Crippen LogP contribution in [0.1, 0.15) is 35.7 Å². The second kappa shape index (κ2) is 7.31. The third kappa shape index (κ3) is 3.71. The number of rotatable bonds is 5. The summed E-state index contributed by atoms with van der Waals surface area (Å²) < 4.78 is 0. The van der Waals surface area contributed by atoms with Gasteiger partial charge in [0.2, 0.25) is 0 Å². The molecule has 1 amide bonds. The third-order valence-corrected chi connectivity index (χ3v) is 5.78. The van der Waals surface area contributed by atoms with Crippen LogP contribution in [-0.2, 0) is 10.5 Å². The quantitative estimate of drug-likeness (QED) is 0.822. The van der Waals surface area contributed by atoms with E-state index < -0.39 is 11.5 Å². The van der Waals surface area contributed by atoms with E-state index in [1.54, 1.807) is 30.8 Å². The zero-order valence-corrected chi connectivity index (χ0v) is 15.0. The number of benzene rings is 2. The van der Waals surface area contributed by atoms with Gasteiger partial charge < -0.3 is 10.0 Å². The SMILES string of the molecule is CC1(C(=O)O)CCCN1C(=O)c1ccc(CSc2ccccc2)cc1. The van der Waals surface area contributed by atoms with Crippen LogP contribution in [0.25, 0.3) is 0 Å².